The molecule has 2 rings (SSSR count). The van der Waals surface area contributed by atoms with Gasteiger partial charge in [0.25, 0.3) is 5.91 Å². The Morgan fingerprint density at radius 1 is 1.05 bits per heavy atom. The lowest BCUT2D eigenvalue weighted by atomic mass is 10.1. The van der Waals surface area contributed by atoms with Crippen molar-refractivity contribution in [2.24, 2.45) is 0 Å². The third kappa shape index (κ3) is 3.10. The van der Waals surface area contributed by atoms with Crippen LogP contribution >= 0.6 is 0 Å². The maximum atomic E-state index is 13.3. The van der Waals surface area contributed by atoms with Crippen LogP contribution in [0.25, 0.3) is 0 Å². The first kappa shape index (κ1) is 15.2. The molecular weight excluding hydrogens is 272 g/mol. The van der Waals surface area contributed by atoms with Gasteiger partial charge in [0, 0.05) is 17.8 Å². The van der Waals surface area contributed by atoms with Crippen LogP contribution in [-0.4, -0.2) is 12.5 Å². The van der Waals surface area contributed by atoms with Crippen molar-refractivity contribution in [2.45, 2.75) is 20.8 Å². The van der Waals surface area contributed by atoms with Crippen molar-refractivity contribution in [3.05, 3.63) is 64.7 Å². The minimum Gasteiger partial charge on any atom is -0.308 e. The minimum atomic E-state index is -1.02. The molecule has 0 spiro atoms. The van der Waals surface area contributed by atoms with Gasteiger partial charge in [0.05, 0.1) is 0 Å². The van der Waals surface area contributed by atoms with Crippen LogP contribution in [0.3, 0.4) is 0 Å². The van der Waals surface area contributed by atoms with Crippen molar-refractivity contribution in [1.29, 1.82) is 0 Å². The molecule has 2 nitrogen and oxygen atoms in total. The van der Waals surface area contributed by atoms with E-state index in [2.05, 4.69) is 0 Å². The van der Waals surface area contributed by atoms with Gasteiger partial charge in [-0.25, -0.2) is 8.78 Å². The summed E-state index contributed by atoms with van der Waals surface area (Å²) in [5.41, 5.74) is 2.91. The molecule has 0 saturated carbocycles. The fourth-order valence-electron chi connectivity index (χ4n) is 2.22. The monoisotopic (exact) mass is 289 g/mol. The van der Waals surface area contributed by atoms with Crippen LogP contribution in [0.2, 0.25) is 0 Å². The number of hydrogen-bond acceptors (Lipinski definition) is 1. The molecule has 110 valence electrons. The second-order valence-electron chi connectivity index (χ2n) is 4.97. The quantitative estimate of drug-likeness (QED) is 0.827. The summed E-state index contributed by atoms with van der Waals surface area (Å²) in [7, 11) is 0. The zero-order valence-corrected chi connectivity index (χ0v) is 12.3. The molecule has 2 aromatic carbocycles. The van der Waals surface area contributed by atoms with Crippen molar-refractivity contribution < 1.29 is 13.6 Å². The van der Waals surface area contributed by atoms with Gasteiger partial charge in [-0.1, -0.05) is 12.1 Å². The Balaban J connectivity index is 2.43. The van der Waals surface area contributed by atoms with Gasteiger partial charge in [-0.05, 0) is 56.2 Å². The lowest BCUT2D eigenvalue weighted by Crippen LogP contribution is -2.31. The van der Waals surface area contributed by atoms with Crippen LogP contribution in [0.15, 0.2) is 36.4 Å². The van der Waals surface area contributed by atoms with Crippen molar-refractivity contribution in [3.8, 4) is 0 Å². The van der Waals surface area contributed by atoms with E-state index in [0.29, 0.717) is 6.54 Å². The molecule has 0 aliphatic carbocycles. The highest BCUT2D eigenvalue weighted by Gasteiger charge is 2.19. The maximum absolute atomic E-state index is 13.3. The Morgan fingerprint density at radius 3 is 2.38 bits per heavy atom. The number of amides is 1. The third-order valence-corrected chi connectivity index (χ3v) is 3.38. The summed E-state index contributed by atoms with van der Waals surface area (Å²) >= 11 is 0. The Labute approximate surface area is 123 Å². The Bertz CT molecular complexity index is 682. The summed E-state index contributed by atoms with van der Waals surface area (Å²) in [6, 6.07) is 9.02. The van der Waals surface area contributed by atoms with Gasteiger partial charge in [0.1, 0.15) is 0 Å². The number of carbonyl (C=O) groups excluding carboxylic acids is 1. The Hall–Kier alpha value is -2.23. The standard InChI is InChI=1S/C17H17F2NO/c1-4-20(16-9-11(2)5-6-12(16)3)17(21)13-7-8-14(18)15(19)10-13/h5-10H,4H2,1-3H3. The molecule has 0 saturated heterocycles. The zero-order valence-electron chi connectivity index (χ0n) is 12.3. The molecule has 0 N–H and O–H groups in total. The van der Waals surface area contributed by atoms with E-state index in [-0.39, 0.29) is 11.5 Å². The molecular formula is C17H17F2NO. The minimum absolute atomic E-state index is 0.136. The van der Waals surface area contributed by atoms with Crippen LogP contribution in [0.5, 0.6) is 0 Å². The van der Waals surface area contributed by atoms with E-state index < -0.39 is 11.6 Å². The average Bonchev–Trinajstić information content (AvgIpc) is 2.46. The lowest BCUT2D eigenvalue weighted by molar-refractivity contribution is 0.0987. The van der Waals surface area contributed by atoms with Gasteiger partial charge in [-0.2, -0.15) is 0 Å². The fraction of sp³-hybridized carbons (Fsp3) is 0.235. The number of rotatable bonds is 3. The van der Waals surface area contributed by atoms with Gasteiger partial charge in [0.2, 0.25) is 0 Å². The second kappa shape index (κ2) is 6.04. The first-order valence-electron chi connectivity index (χ1n) is 6.78. The number of benzene rings is 2. The van der Waals surface area contributed by atoms with Crippen molar-refractivity contribution in [2.75, 3.05) is 11.4 Å². The smallest absolute Gasteiger partial charge is 0.258 e. The van der Waals surface area contributed by atoms with E-state index in [9.17, 15) is 13.6 Å². The second-order valence-corrected chi connectivity index (χ2v) is 4.97. The van der Waals surface area contributed by atoms with Gasteiger partial charge in [-0.15, -0.1) is 0 Å². The third-order valence-electron chi connectivity index (χ3n) is 3.38. The van der Waals surface area contributed by atoms with Crippen molar-refractivity contribution in [3.63, 3.8) is 0 Å². The normalized spacial score (nSPS) is 10.5. The van der Waals surface area contributed by atoms with Gasteiger partial charge in [-0.3, -0.25) is 4.79 Å². The van der Waals surface area contributed by atoms with E-state index in [1.54, 1.807) is 4.90 Å². The molecule has 0 aliphatic rings. The number of aryl methyl sites for hydroxylation is 2. The highest BCUT2D eigenvalue weighted by Crippen LogP contribution is 2.23. The zero-order chi connectivity index (χ0) is 15.6. The summed E-state index contributed by atoms with van der Waals surface area (Å²) < 4.78 is 26.3. The number of nitrogens with zero attached hydrogens (tertiary/aromatic N) is 1. The van der Waals surface area contributed by atoms with Crippen LogP contribution in [-0.2, 0) is 0 Å². The van der Waals surface area contributed by atoms with Crippen molar-refractivity contribution >= 4 is 11.6 Å². The molecule has 0 radical (unpaired) electrons. The molecule has 21 heavy (non-hydrogen) atoms. The fourth-order valence-corrected chi connectivity index (χ4v) is 2.22. The van der Waals surface area contributed by atoms with Crippen LogP contribution in [0.4, 0.5) is 14.5 Å². The Morgan fingerprint density at radius 2 is 1.76 bits per heavy atom. The number of hydrogen-bond donors (Lipinski definition) is 0. The first-order valence-corrected chi connectivity index (χ1v) is 6.78. The predicted molar refractivity (Wildman–Crippen MR) is 79.6 cm³/mol. The van der Waals surface area contributed by atoms with E-state index in [0.717, 1.165) is 28.9 Å². The molecule has 0 aromatic heterocycles. The summed E-state index contributed by atoms with van der Waals surface area (Å²) in [5, 5.41) is 0. The highest BCUT2D eigenvalue weighted by molar-refractivity contribution is 6.06. The largest absolute Gasteiger partial charge is 0.308 e. The molecule has 0 atom stereocenters. The first-order chi connectivity index (χ1) is 9.93. The highest BCUT2D eigenvalue weighted by atomic mass is 19.2. The van der Waals surface area contributed by atoms with E-state index >= 15 is 0 Å². The average molecular weight is 289 g/mol. The molecule has 1 amide bonds. The van der Waals surface area contributed by atoms with Crippen LogP contribution < -0.4 is 4.90 Å². The van der Waals surface area contributed by atoms with E-state index in [1.807, 2.05) is 39.0 Å². The van der Waals surface area contributed by atoms with Gasteiger partial charge >= 0.3 is 0 Å². The molecule has 0 unspecified atom stereocenters. The summed E-state index contributed by atoms with van der Waals surface area (Å²) in [6.45, 7) is 6.15. The predicted octanol–water partition coefficient (Wildman–Crippen LogP) is 4.25. The topological polar surface area (TPSA) is 20.3 Å². The number of anilines is 1. The number of carbonyl (C=O) groups is 1. The van der Waals surface area contributed by atoms with Gasteiger partial charge < -0.3 is 4.90 Å². The summed E-state index contributed by atoms with van der Waals surface area (Å²) in [5.74, 6) is -2.32. The maximum Gasteiger partial charge on any atom is 0.258 e. The molecule has 0 heterocycles. The SMILES string of the molecule is CCN(C(=O)c1ccc(F)c(F)c1)c1cc(C)ccc1C. The van der Waals surface area contributed by atoms with Crippen LogP contribution in [0, 0.1) is 25.5 Å². The molecule has 0 fully saturated rings. The van der Waals surface area contributed by atoms with Crippen LogP contribution in [0.1, 0.15) is 28.4 Å². The molecule has 0 aliphatic heterocycles. The number of halogens is 2. The van der Waals surface area contributed by atoms with E-state index in [4.69, 9.17) is 0 Å². The van der Waals surface area contributed by atoms with E-state index in [1.165, 1.54) is 6.07 Å². The molecule has 4 heteroatoms. The summed E-state index contributed by atoms with van der Waals surface area (Å²) in [4.78, 5) is 14.1. The lowest BCUT2D eigenvalue weighted by Gasteiger charge is -2.23. The molecule has 0 bridgehead atoms. The van der Waals surface area contributed by atoms with Gasteiger partial charge in [0.15, 0.2) is 11.6 Å². The molecule has 2 aromatic rings. The Kier molecular flexibility index (Phi) is 4.36. The summed E-state index contributed by atoms with van der Waals surface area (Å²) in [6.07, 6.45) is 0. The van der Waals surface area contributed by atoms with Crippen molar-refractivity contribution in [1.82, 2.24) is 0 Å².